The molecule has 0 aromatic heterocycles. The minimum atomic E-state index is -0.475. The van der Waals surface area contributed by atoms with Crippen molar-refractivity contribution in [2.75, 3.05) is 11.9 Å². The van der Waals surface area contributed by atoms with Gasteiger partial charge in [0, 0.05) is 10.7 Å². The number of benzene rings is 2. The molecule has 2 aromatic carbocycles. The molecule has 0 aliphatic heterocycles. The maximum absolute atomic E-state index is 11.7. The van der Waals surface area contributed by atoms with Gasteiger partial charge in [-0.1, -0.05) is 11.6 Å². The number of hydrogen-bond acceptors (Lipinski definition) is 5. The topological polar surface area (TPSA) is 89.0 Å². The molecule has 2 aromatic rings. The Morgan fingerprint density at radius 2 is 1.78 bits per heavy atom. The van der Waals surface area contributed by atoms with Gasteiger partial charge in [0.25, 0.3) is 0 Å². The Bertz CT molecular complexity index is 790. The van der Waals surface area contributed by atoms with E-state index in [1.165, 1.54) is 6.21 Å². The lowest BCUT2D eigenvalue weighted by Crippen LogP contribution is -2.24. The number of nitrogens with one attached hydrogen (secondary N) is 2. The van der Waals surface area contributed by atoms with Gasteiger partial charge in [0.2, 0.25) is 0 Å². The fraction of sp³-hybridized carbons (Fsp3) is 0.211. The first-order valence-electron chi connectivity index (χ1n) is 8.20. The van der Waals surface area contributed by atoms with Crippen molar-refractivity contribution in [3.05, 3.63) is 59.1 Å². The number of esters is 1. The van der Waals surface area contributed by atoms with E-state index in [1.807, 2.05) is 0 Å². The first-order chi connectivity index (χ1) is 12.9. The number of anilines is 1. The maximum atomic E-state index is 11.7. The standard InChI is InChI=1S/C19H20ClN3O4/c1-13(2)27-18(24)12-26-17-9-3-14(4-10-17)11-21-23-19(25)22-16-7-5-15(20)6-8-16/h3-11,13H,12H2,1-2H3,(H2,22,23,25)/b21-11+. The van der Waals surface area contributed by atoms with Crippen molar-refractivity contribution in [2.45, 2.75) is 20.0 Å². The highest BCUT2D eigenvalue weighted by atomic mass is 35.5. The van der Waals surface area contributed by atoms with E-state index in [2.05, 4.69) is 15.8 Å². The van der Waals surface area contributed by atoms with E-state index in [-0.39, 0.29) is 12.7 Å². The highest BCUT2D eigenvalue weighted by molar-refractivity contribution is 6.30. The van der Waals surface area contributed by atoms with Crippen LogP contribution in [0.5, 0.6) is 5.75 Å². The van der Waals surface area contributed by atoms with Crippen LogP contribution in [0.15, 0.2) is 53.6 Å². The van der Waals surface area contributed by atoms with Crippen molar-refractivity contribution >= 4 is 35.5 Å². The zero-order valence-corrected chi connectivity index (χ0v) is 15.7. The Labute approximate surface area is 162 Å². The molecular formula is C19H20ClN3O4. The molecule has 142 valence electrons. The fourth-order valence-electron chi connectivity index (χ4n) is 1.95. The highest BCUT2D eigenvalue weighted by Gasteiger charge is 2.06. The van der Waals surface area contributed by atoms with Crippen molar-refractivity contribution in [2.24, 2.45) is 5.10 Å². The lowest BCUT2D eigenvalue weighted by molar-refractivity contribution is -0.149. The third kappa shape index (κ3) is 7.79. The van der Waals surface area contributed by atoms with Crippen LogP contribution in [0.2, 0.25) is 5.02 Å². The number of carbonyl (C=O) groups is 2. The maximum Gasteiger partial charge on any atom is 0.344 e. The molecule has 27 heavy (non-hydrogen) atoms. The molecular weight excluding hydrogens is 370 g/mol. The van der Waals surface area contributed by atoms with Crippen molar-refractivity contribution in [3.8, 4) is 5.75 Å². The number of halogens is 1. The number of amides is 2. The highest BCUT2D eigenvalue weighted by Crippen LogP contribution is 2.13. The minimum Gasteiger partial charge on any atom is -0.482 e. The summed E-state index contributed by atoms with van der Waals surface area (Å²) in [6, 6.07) is 13.1. The molecule has 0 radical (unpaired) electrons. The molecule has 0 saturated carbocycles. The van der Waals surface area contributed by atoms with Gasteiger partial charge in [-0.05, 0) is 67.9 Å². The normalized spacial score (nSPS) is 10.7. The van der Waals surface area contributed by atoms with Crippen molar-refractivity contribution < 1.29 is 19.1 Å². The summed E-state index contributed by atoms with van der Waals surface area (Å²) in [7, 11) is 0. The van der Waals surface area contributed by atoms with Crippen LogP contribution in [-0.4, -0.2) is 30.9 Å². The van der Waals surface area contributed by atoms with Crippen molar-refractivity contribution in [1.29, 1.82) is 0 Å². The zero-order chi connectivity index (χ0) is 19.6. The van der Waals surface area contributed by atoms with E-state index in [4.69, 9.17) is 21.1 Å². The molecule has 0 aliphatic carbocycles. The van der Waals surface area contributed by atoms with Gasteiger partial charge in [-0.3, -0.25) is 0 Å². The Balaban J connectivity index is 1.77. The van der Waals surface area contributed by atoms with Crippen LogP contribution in [-0.2, 0) is 9.53 Å². The predicted octanol–water partition coefficient (Wildman–Crippen LogP) is 3.83. The number of ether oxygens (including phenoxy) is 2. The van der Waals surface area contributed by atoms with E-state index in [0.717, 1.165) is 5.56 Å². The van der Waals surface area contributed by atoms with Gasteiger partial charge in [-0.15, -0.1) is 0 Å². The number of rotatable bonds is 7. The molecule has 2 rings (SSSR count). The Morgan fingerprint density at radius 1 is 1.11 bits per heavy atom. The summed E-state index contributed by atoms with van der Waals surface area (Å²) in [5.74, 6) is 0.104. The summed E-state index contributed by atoms with van der Waals surface area (Å²) in [4.78, 5) is 23.2. The van der Waals surface area contributed by atoms with Crippen LogP contribution in [0.1, 0.15) is 19.4 Å². The van der Waals surface area contributed by atoms with E-state index in [0.29, 0.717) is 16.5 Å². The quantitative estimate of drug-likeness (QED) is 0.428. The average molecular weight is 390 g/mol. The Kier molecular flexibility index (Phi) is 7.63. The van der Waals surface area contributed by atoms with Crippen LogP contribution in [0.3, 0.4) is 0 Å². The Morgan fingerprint density at radius 3 is 2.41 bits per heavy atom. The van der Waals surface area contributed by atoms with Gasteiger partial charge in [0.1, 0.15) is 5.75 Å². The second-order valence-corrected chi connectivity index (χ2v) is 6.16. The van der Waals surface area contributed by atoms with Crippen LogP contribution in [0.4, 0.5) is 10.5 Å². The first-order valence-corrected chi connectivity index (χ1v) is 8.58. The number of hydrazone groups is 1. The van der Waals surface area contributed by atoms with Crippen LogP contribution >= 0.6 is 11.6 Å². The average Bonchev–Trinajstić information content (AvgIpc) is 2.62. The van der Waals surface area contributed by atoms with Gasteiger partial charge in [0.15, 0.2) is 6.61 Å². The van der Waals surface area contributed by atoms with Gasteiger partial charge < -0.3 is 14.8 Å². The third-order valence-corrected chi connectivity index (χ3v) is 3.34. The summed E-state index contributed by atoms with van der Waals surface area (Å²) in [6.45, 7) is 3.39. The molecule has 0 fully saturated rings. The molecule has 2 amide bonds. The molecule has 0 unspecified atom stereocenters. The molecule has 2 N–H and O–H groups in total. The van der Waals surface area contributed by atoms with Crippen molar-refractivity contribution in [1.82, 2.24) is 5.43 Å². The SMILES string of the molecule is CC(C)OC(=O)COc1ccc(/C=N/NC(=O)Nc2ccc(Cl)cc2)cc1. The summed E-state index contributed by atoms with van der Waals surface area (Å²) >= 11 is 5.78. The molecule has 0 bridgehead atoms. The van der Waals surface area contributed by atoms with Gasteiger partial charge >= 0.3 is 12.0 Å². The second kappa shape index (κ2) is 10.2. The van der Waals surface area contributed by atoms with E-state index in [1.54, 1.807) is 62.4 Å². The lowest BCUT2D eigenvalue weighted by Gasteiger charge is -2.09. The predicted molar refractivity (Wildman–Crippen MR) is 104 cm³/mol. The molecule has 0 spiro atoms. The lowest BCUT2D eigenvalue weighted by atomic mass is 10.2. The zero-order valence-electron chi connectivity index (χ0n) is 14.9. The third-order valence-electron chi connectivity index (χ3n) is 3.09. The van der Waals surface area contributed by atoms with E-state index >= 15 is 0 Å². The number of hydrogen-bond donors (Lipinski definition) is 2. The molecule has 0 aliphatic rings. The van der Waals surface area contributed by atoms with Gasteiger partial charge in [-0.2, -0.15) is 5.10 Å². The monoisotopic (exact) mass is 389 g/mol. The largest absolute Gasteiger partial charge is 0.482 e. The van der Waals surface area contributed by atoms with Gasteiger partial charge in [-0.25, -0.2) is 15.0 Å². The van der Waals surface area contributed by atoms with Crippen LogP contribution in [0, 0.1) is 0 Å². The van der Waals surface area contributed by atoms with E-state index < -0.39 is 12.0 Å². The molecule has 0 atom stereocenters. The van der Waals surface area contributed by atoms with Crippen LogP contribution in [0.25, 0.3) is 0 Å². The summed E-state index contributed by atoms with van der Waals surface area (Å²) in [6.07, 6.45) is 1.31. The number of nitrogens with zero attached hydrogens (tertiary/aromatic N) is 1. The summed E-state index contributed by atoms with van der Waals surface area (Å²) < 4.78 is 10.3. The first kappa shape index (κ1) is 20.3. The van der Waals surface area contributed by atoms with E-state index in [9.17, 15) is 9.59 Å². The second-order valence-electron chi connectivity index (χ2n) is 5.73. The number of urea groups is 1. The smallest absolute Gasteiger partial charge is 0.344 e. The molecule has 8 heteroatoms. The fourth-order valence-corrected chi connectivity index (χ4v) is 2.07. The Hall–Kier alpha value is -3.06. The minimum absolute atomic E-state index is 0.155. The van der Waals surface area contributed by atoms with Gasteiger partial charge in [0.05, 0.1) is 12.3 Å². The molecule has 0 saturated heterocycles. The molecule has 0 heterocycles. The number of carbonyl (C=O) groups excluding carboxylic acids is 2. The van der Waals surface area contributed by atoms with Crippen LogP contribution < -0.4 is 15.5 Å². The van der Waals surface area contributed by atoms with Crippen molar-refractivity contribution in [3.63, 3.8) is 0 Å². The molecule has 7 nitrogen and oxygen atoms in total. The summed E-state index contributed by atoms with van der Waals surface area (Å²) in [5, 5.41) is 7.07. The summed E-state index contributed by atoms with van der Waals surface area (Å²) in [5.41, 5.74) is 3.71.